The fraction of sp³-hybridized carbons (Fsp3) is 0.364. The van der Waals surface area contributed by atoms with Gasteiger partial charge in [0.25, 0.3) is 0 Å². The van der Waals surface area contributed by atoms with E-state index in [-0.39, 0.29) is 11.2 Å². The van der Waals surface area contributed by atoms with E-state index in [9.17, 15) is 4.79 Å². The number of aromatic nitrogens is 4. The van der Waals surface area contributed by atoms with Gasteiger partial charge in [0.05, 0.1) is 10.9 Å². The van der Waals surface area contributed by atoms with E-state index in [2.05, 4.69) is 15.2 Å². The Balaban J connectivity index is 1.72. The van der Waals surface area contributed by atoms with Gasteiger partial charge in [-0.2, -0.15) is 0 Å². The second-order valence-corrected chi connectivity index (χ2v) is 9.12. The van der Waals surface area contributed by atoms with Crippen LogP contribution in [0.1, 0.15) is 31.7 Å². The van der Waals surface area contributed by atoms with Crippen molar-refractivity contribution in [2.24, 2.45) is 0 Å². The summed E-state index contributed by atoms with van der Waals surface area (Å²) in [4.78, 5) is 19.0. The zero-order valence-electron chi connectivity index (χ0n) is 17.1. The first kappa shape index (κ1) is 20.9. The van der Waals surface area contributed by atoms with Gasteiger partial charge in [0.2, 0.25) is 5.91 Å². The highest BCUT2D eigenvalue weighted by molar-refractivity contribution is 8.00. The van der Waals surface area contributed by atoms with Crippen LogP contribution < -0.4 is 0 Å². The number of nitrogens with zero attached hydrogens (tertiary/aromatic N) is 5. The highest BCUT2D eigenvalue weighted by Crippen LogP contribution is 2.33. The van der Waals surface area contributed by atoms with Gasteiger partial charge in [0, 0.05) is 36.1 Å². The summed E-state index contributed by atoms with van der Waals surface area (Å²) in [7, 11) is 0. The molecule has 0 saturated carbocycles. The third-order valence-electron chi connectivity index (χ3n) is 5.35. The number of carbonyl (C=O) groups is 1. The van der Waals surface area contributed by atoms with Crippen molar-refractivity contribution in [3.8, 4) is 17.1 Å². The Morgan fingerprint density at radius 2 is 1.83 bits per heavy atom. The molecule has 0 N–H and O–H groups in total. The summed E-state index contributed by atoms with van der Waals surface area (Å²) >= 11 is 7.84. The van der Waals surface area contributed by atoms with Crippen LogP contribution in [-0.4, -0.2) is 48.9 Å². The Kier molecular flexibility index (Phi) is 6.39. The predicted octanol–water partition coefficient (Wildman–Crippen LogP) is 4.78. The maximum absolute atomic E-state index is 13.0. The maximum Gasteiger partial charge on any atom is 0.235 e. The van der Waals surface area contributed by atoms with E-state index in [1.807, 2.05) is 53.6 Å². The number of rotatable bonds is 5. The topological polar surface area (TPSA) is 63.9 Å². The Morgan fingerprint density at radius 3 is 2.57 bits per heavy atom. The quantitative estimate of drug-likeness (QED) is 0.533. The van der Waals surface area contributed by atoms with Gasteiger partial charge in [0.1, 0.15) is 0 Å². The van der Waals surface area contributed by atoms with E-state index in [4.69, 9.17) is 11.6 Å². The first-order valence-electron chi connectivity index (χ1n) is 10.1. The van der Waals surface area contributed by atoms with Crippen molar-refractivity contribution < 1.29 is 4.79 Å². The molecule has 0 spiro atoms. The number of likely N-dealkylation sites (tertiary alicyclic amines) is 1. The fourth-order valence-electron chi connectivity index (χ4n) is 3.67. The molecule has 30 heavy (non-hydrogen) atoms. The number of carbonyl (C=O) groups excluding carboxylic acids is 1. The number of hydrogen-bond acceptors (Lipinski definition) is 5. The standard InChI is InChI=1S/C22H24ClN5OS/c1-15-18(23)7-6-8-19(15)28-20(17-9-11-24-12-10-17)25-26-22(28)30-16(2)21(29)27-13-4-3-5-14-27/h6-12,16H,3-5,13-14H2,1-2H3. The van der Waals surface area contributed by atoms with Gasteiger partial charge in [-0.25, -0.2) is 0 Å². The molecule has 3 heterocycles. The number of thioether (sulfide) groups is 1. The monoisotopic (exact) mass is 441 g/mol. The third-order valence-corrected chi connectivity index (χ3v) is 6.79. The molecule has 1 amide bonds. The van der Waals surface area contributed by atoms with Crippen LogP contribution in [-0.2, 0) is 4.79 Å². The van der Waals surface area contributed by atoms with E-state index in [0.717, 1.165) is 42.7 Å². The van der Waals surface area contributed by atoms with Gasteiger partial charge in [-0.15, -0.1) is 10.2 Å². The van der Waals surface area contributed by atoms with Gasteiger partial charge >= 0.3 is 0 Å². The molecule has 6 nitrogen and oxygen atoms in total. The third kappa shape index (κ3) is 4.23. The predicted molar refractivity (Wildman–Crippen MR) is 120 cm³/mol. The SMILES string of the molecule is Cc1c(Cl)cccc1-n1c(SC(C)C(=O)N2CCCCC2)nnc1-c1ccncc1. The lowest BCUT2D eigenvalue weighted by Crippen LogP contribution is -2.40. The molecule has 1 aliphatic heterocycles. The normalized spacial score (nSPS) is 15.2. The highest BCUT2D eigenvalue weighted by Gasteiger charge is 2.26. The summed E-state index contributed by atoms with van der Waals surface area (Å²) in [5.41, 5.74) is 2.74. The van der Waals surface area contributed by atoms with Crippen molar-refractivity contribution in [2.75, 3.05) is 13.1 Å². The molecule has 1 atom stereocenters. The van der Waals surface area contributed by atoms with Gasteiger partial charge in [-0.1, -0.05) is 29.4 Å². The Hall–Kier alpha value is -2.38. The smallest absolute Gasteiger partial charge is 0.235 e. The molecule has 0 bridgehead atoms. The van der Waals surface area contributed by atoms with E-state index >= 15 is 0 Å². The Bertz CT molecular complexity index is 1030. The van der Waals surface area contributed by atoms with E-state index in [1.54, 1.807) is 12.4 Å². The van der Waals surface area contributed by atoms with Crippen LogP contribution >= 0.6 is 23.4 Å². The summed E-state index contributed by atoms with van der Waals surface area (Å²) in [5, 5.41) is 10.00. The van der Waals surface area contributed by atoms with Gasteiger partial charge < -0.3 is 4.90 Å². The molecule has 3 aromatic rings. The number of amides is 1. The average Bonchev–Trinajstić information content (AvgIpc) is 3.19. The molecule has 1 aromatic carbocycles. The first-order valence-corrected chi connectivity index (χ1v) is 11.4. The molecule has 1 fully saturated rings. The Labute approximate surface area is 185 Å². The van der Waals surface area contributed by atoms with E-state index in [1.165, 1.54) is 18.2 Å². The highest BCUT2D eigenvalue weighted by atomic mass is 35.5. The van der Waals surface area contributed by atoms with E-state index in [0.29, 0.717) is 16.0 Å². The van der Waals surface area contributed by atoms with Crippen LogP contribution in [0.3, 0.4) is 0 Å². The van der Waals surface area contributed by atoms with Crippen LogP contribution in [0.25, 0.3) is 17.1 Å². The van der Waals surface area contributed by atoms with Gasteiger partial charge in [0.15, 0.2) is 11.0 Å². The molecule has 1 saturated heterocycles. The first-order chi connectivity index (χ1) is 14.6. The van der Waals surface area contributed by atoms with Crippen LogP contribution in [0.4, 0.5) is 0 Å². The second kappa shape index (κ2) is 9.18. The van der Waals surface area contributed by atoms with Crippen LogP contribution in [0, 0.1) is 6.92 Å². The summed E-state index contributed by atoms with van der Waals surface area (Å²) in [6, 6.07) is 9.58. The Morgan fingerprint density at radius 1 is 1.10 bits per heavy atom. The van der Waals surface area contributed by atoms with Crippen molar-refractivity contribution in [2.45, 2.75) is 43.5 Å². The molecule has 4 rings (SSSR count). The molecule has 0 aliphatic carbocycles. The zero-order valence-corrected chi connectivity index (χ0v) is 18.7. The number of hydrogen-bond donors (Lipinski definition) is 0. The molecule has 2 aromatic heterocycles. The molecule has 1 unspecified atom stereocenters. The molecule has 156 valence electrons. The minimum absolute atomic E-state index is 0.155. The van der Waals surface area contributed by atoms with Crippen molar-refractivity contribution >= 4 is 29.3 Å². The van der Waals surface area contributed by atoms with Crippen LogP contribution in [0.2, 0.25) is 5.02 Å². The van der Waals surface area contributed by atoms with Crippen molar-refractivity contribution in [3.05, 3.63) is 53.3 Å². The van der Waals surface area contributed by atoms with Crippen molar-refractivity contribution in [1.82, 2.24) is 24.6 Å². The van der Waals surface area contributed by atoms with Gasteiger partial charge in [-0.05, 0) is 62.9 Å². The molecule has 1 aliphatic rings. The number of halogens is 1. The number of pyridine rings is 1. The molecule has 0 radical (unpaired) electrons. The fourth-order valence-corrected chi connectivity index (χ4v) is 4.78. The minimum atomic E-state index is -0.254. The average molecular weight is 442 g/mol. The maximum atomic E-state index is 13.0. The summed E-state index contributed by atoms with van der Waals surface area (Å²) in [5.74, 6) is 0.852. The summed E-state index contributed by atoms with van der Waals surface area (Å²) in [6.45, 7) is 5.60. The lowest BCUT2D eigenvalue weighted by molar-refractivity contribution is -0.131. The number of piperidine rings is 1. The second-order valence-electron chi connectivity index (χ2n) is 7.41. The molecule has 8 heteroatoms. The molecular formula is C22H24ClN5OS. The summed E-state index contributed by atoms with van der Waals surface area (Å²) < 4.78 is 1.99. The van der Waals surface area contributed by atoms with Gasteiger partial charge in [-0.3, -0.25) is 14.3 Å². The van der Waals surface area contributed by atoms with Crippen molar-refractivity contribution in [3.63, 3.8) is 0 Å². The lowest BCUT2D eigenvalue weighted by atomic mass is 10.1. The summed E-state index contributed by atoms with van der Waals surface area (Å²) in [6.07, 6.45) is 6.81. The largest absolute Gasteiger partial charge is 0.342 e. The molecular weight excluding hydrogens is 418 g/mol. The lowest BCUT2D eigenvalue weighted by Gasteiger charge is -2.28. The minimum Gasteiger partial charge on any atom is -0.342 e. The van der Waals surface area contributed by atoms with Crippen molar-refractivity contribution in [1.29, 1.82) is 0 Å². The van der Waals surface area contributed by atoms with Crippen LogP contribution in [0.5, 0.6) is 0 Å². The van der Waals surface area contributed by atoms with Crippen LogP contribution in [0.15, 0.2) is 47.9 Å². The zero-order chi connectivity index (χ0) is 21.1. The van der Waals surface area contributed by atoms with E-state index < -0.39 is 0 Å². The number of benzene rings is 1.